The molecule has 17 heavy (non-hydrogen) atoms. The third-order valence-corrected chi connectivity index (χ3v) is 3.02. The largest absolute Gasteiger partial charge is 0.330 e. The van der Waals surface area contributed by atoms with Crippen LogP contribution in [0.15, 0.2) is 18.2 Å². The van der Waals surface area contributed by atoms with Crippen LogP contribution in [0.1, 0.15) is 33.2 Å². The fourth-order valence-electron chi connectivity index (χ4n) is 1.96. The van der Waals surface area contributed by atoms with Crippen molar-refractivity contribution >= 4 is 11.8 Å². The van der Waals surface area contributed by atoms with Crippen LogP contribution in [-0.2, 0) is 0 Å². The molecular formula is C13H16N2O2. The number of aryl methyl sites for hydroxylation is 1. The summed E-state index contributed by atoms with van der Waals surface area (Å²) in [7, 11) is 0. The molecule has 1 aromatic carbocycles. The number of hydrogen-bond donors (Lipinski definition) is 1. The summed E-state index contributed by atoms with van der Waals surface area (Å²) in [6.45, 7) is 4.69. The molecule has 1 aromatic rings. The fourth-order valence-corrected chi connectivity index (χ4v) is 1.96. The van der Waals surface area contributed by atoms with E-state index in [0.717, 1.165) is 5.56 Å². The Kier molecular flexibility index (Phi) is 2.98. The van der Waals surface area contributed by atoms with Crippen molar-refractivity contribution in [1.29, 1.82) is 0 Å². The van der Waals surface area contributed by atoms with Crippen molar-refractivity contribution < 1.29 is 9.59 Å². The summed E-state index contributed by atoms with van der Waals surface area (Å²) in [6, 6.07) is 5.33. The summed E-state index contributed by atoms with van der Waals surface area (Å²) >= 11 is 0. The lowest BCUT2D eigenvalue weighted by molar-refractivity contribution is 0.0634. The second-order valence-electron chi connectivity index (χ2n) is 4.61. The minimum atomic E-state index is -0.203. The smallest absolute Gasteiger partial charge is 0.261 e. The SMILES string of the molecule is Cc1ccc2c(c1)C(=O)N(CC(C)CN)C2=O. The van der Waals surface area contributed by atoms with E-state index in [1.54, 1.807) is 12.1 Å². The van der Waals surface area contributed by atoms with Crippen molar-refractivity contribution in [3.05, 3.63) is 34.9 Å². The van der Waals surface area contributed by atoms with Gasteiger partial charge in [-0.05, 0) is 31.5 Å². The second-order valence-corrected chi connectivity index (χ2v) is 4.61. The Morgan fingerprint density at radius 2 is 1.88 bits per heavy atom. The predicted octanol–water partition coefficient (Wildman–Crippen LogP) is 1.19. The lowest BCUT2D eigenvalue weighted by atomic mass is 10.1. The van der Waals surface area contributed by atoms with Gasteiger partial charge in [0.1, 0.15) is 0 Å². The Morgan fingerprint density at radius 1 is 1.24 bits per heavy atom. The van der Waals surface area contributed by atoms with Gasteiger partial charge in [0.2, 0.25) is 0 Å². The molecule has 0 aromatic heterocycles. The predicted molar refractivity (Wildman–Crippen MR) is 64.8 cm³/mol. The quantitative estimate of drug-likeness (QED) is 0.796. The molecule has 1 aliphatic heterocycles. The minimum Gasteiger partial charge on any atom is -0.330 e. The summed E-state index contributed by atoms with van der Waals surface area (Å²) in [6.07, 6.45) is 0. The number of carbonyl (C=O) groups excluding carboxylic acids is 2. The molecule has 4 heteroatoms. The number of benzene rings is 1. The normalized spacial score (nSPS) is 16.3. The molecule has 4 nitrogen and oxygen atoms in total. The van der Waals surface area contributed by atoms with Gasteiger partial charge >= 0.3 is 0 Å². The zero-order chi connectivity index (χ0) is 12.6. The average Bonchev–Trinajstić information content (AvgIpc) is 2.54. The van der Waals surface area contributed by atoms with Crippen molar-refractivity contribution in [1.82, 2.24) is 4.90 Å². The molecule has 2 N–H and O–H groups in total. The first-order chi connectivity index (χ1) is 8.04. The summed E-state index contributed by atoms with van der Waals surface area (Å²) in [5.74, 6) is -0.280. The van der Waals surface area contributed by atoms with Gasteiger partial charge in [-0.2, -0.15) is 0 Å². The Balaban J connectivity index is 2.32. The molecule has 0 saturated heterocycles. The van der Waals surface area contributed by atoms with Gasteiger partial charge in [-0.1, -0.05) is 18.6 Å². The highest BCUT2D eigenvalue weighted by Crippen LogP contribution is 2.24. The second kappa shape index (κ2) is 4.30. The first-order valence-electron chi connectivity index (χ1n) is 5.71. The number of nitrogens with zero attached hydrogens (tertiary/aromatic N) is 1. The number of hydrogen-bond acceptors (Lipinski definition) is 3. The maximum Gasteiger partial charge on any atom is 0.261 e. The molecule has 0 bridgehead atoms. The van der Waals surface area contributed by atoms with E-state index < -0.39 is 0 Å². The Hall–Kier alpha value is -1.68. The van der Waals surface area contributed by atoms with Gasteiger partial charge in [0.25, 0.3) is 11.8 Å². The Morgan fingerprint density at radius 3 is 2.53 bits per heavy atom. The third kappa shape index (κ3) is 1.96. The molecule has 1 heterocycles. The van der Waals surface area contributed by atoms with E-state index in [1.807, 2.05) is 19.9 Å². The van der Waals surface area contributed by atoms with E-state index in [2.05, 4.69) is 0 Å². The number of carbonyl (C=O) groups is 2. The highest BCUT2D eigenvalue weighted by molar-refractivity contribution is 6.21. The zero-order valence-electron chi connectivity index (χ0n) is 10.1. The molecule has 0 aliphatic carbocycles. The average molecular weight is 232 g/mol. The maximum atomic E-state index is 12.1. The third-order valence-electron chi connectivity index (χ3n) is 3.02. The Bertz CT molecular complexity index is 482. The van der Waals surface area contributed by atoms with E-state index in [1.165, 1.54) is 4.90 Å². The van der Waals surface area contributed by atoms with Crippen LogP contribution in [0.4, 0.5) is 0 Å². The molecule has 2 rings (SSSR count). The van der Waals surface area contributed by atoms with Crippen LogP contribution in [0.5, 0.6) is 0 Å². The van der Waals surface area contributed by atoms with E-state index in [0.29, 0.717) is 24.2 Å². The van der Waals surface area contributed by atoms with Gasteiger partial charge in [0, 0.05) is 6.54 Å². The van der Waals surface area contributed by atoms with Crippen molar-refractivity contribution in [2.75, 3.05) is 13.1 Å². The lowest BCUT2D eigenvalue weighted by Crippen LogP contribution is -2.35. The number of imide groups is 1. The lowest BCUT2D eigenvalue weighted by Gasteiger charge is -2.17. The van der Waals surface area contributed by atoms with Crippen LogP contribution in [-0.4, -0.2) is 29.8 Å². The molecule has 0 radical (unpaired) electrons. The molecule has 1 unspecified atom stereocenters. The monoisotopic (exact) mass is 232 g/mol. The molecule has 90 valence electrons. The first-order valence-corrected chi connectivity index (χ1v) is 5.71. The zero-order valence-corrected chi connectivity index (χ0v) is 10.1. The Labute approximate surface area is 100 Å². The van der Waals surface area contributed by atoms with Crippen LogP contribution < -0.4 is 5.73 Å². The van der Waals surface area contributed by atoms with E-state index >= 15 is 0 Å². The van der Waals surface area contributed by atoms with Crippen molar-refractivity contribution in [3.63, 3.8) is 0 Å². The van der Waals surface area contributed by atoms with Crippen LogP contribution in [0.25, 0.3) is 0 Å². The van der Waals surface area contributed by atoms with Crippen LogP contribution >= 0.6 is 0 Å². The number of fused-ring (bicyclic) bond motifs is 1. The van der Waals surface area contributed by atoms with Crippen LogP contribution in [0.3, 0.4) is 0 Å². The van der Waals surface area contributed by atoms with Crippen molar-refractivity contribution in [3.8, 4) is 0 Å². The highest BCUT2D eigenvalue weighted by Gasteiger charge is 2.35. The van der Waals surface area contributed by atoms with Gasteiger partial charge in [-0.15, -0.1) is 0 Å². The highest BCUT2D eigenvalue weighted by atomic mass is 16.2. The minimum absolute atomic E-state index is 0.123. The topological polar surface area (TPSA) is 63.4 Å². The van der Waals surface area contributed by atoms with Crippen LogP contribution in [0, 0.1) is 12.8 Å². The molecule has 1 aliphatic rings. The standard InChI is InChI=1S/C13H16N2O2/c1-8-3-4-10-11(5-8)13(17)15(12(10)16)7-9(2)6-14/h3-5,9H,6-7,14H2,1-2H3. The summed E-state index contributed by atoms with van der Waals surface area (Å²) in [5, 5.41) is 0. The van der Waals surface area contributed by atoms with E-state index in [4.69, 9.17) is 5.73 Å². The molecule has 2 amide bonds. The van der Waals surface area contributed by atoms with Crippen molar-refractivity contribution in [2.45, 2.75) is 13.8 Å². The fraction of sp³-hybridized carbons (Fsp3) is 0.385. The van der Waals surface area contributed by atoms with Crippen molar-refractivity contribution in [2.24, 2.45) is 11.7 Å². The van der Waals surface area contributed by atoms with Gasteiger partial charge in [-0.25, -0.2) is 0 Å². The number of nitrogens with two attached hydrogens (primary N) is 1. The van der Waals surface area contributed by atoms with Crippen LogP contribution in [0.2, 0.25) is 0 Å². The van der Waals surface area contributed by atoms with E-state index in [-0.39, 0.29) is 17.7 Å². The first kappa shape index (κ1) is 11.8. The maximum absolute atomic E-state index is 12.1. The molecular weight excluding hydrogens is 216 g/mol. The molecule has 0 spiro atoms. The summed E-state index contributed by atoms with van der Waals surface area (Å²) in [5.41, 5.74) is 7.52. The van der Waals surface area contributed by atoms with E-state index in [9.17, 15) is 9.59 Å². The van der Waals surface area contributed by atoms with Gasteiger partial charge in [0.15, 0.2) is 0 Å². The van der Waals surface area contributed by atoms with Gasteiger partial charge < -0.3 is 5.73 Å². The number of amides is 2. The molecule has 0 fully saturated rings. The number of rotatable bonds is 3. The summed E-state index contributed by atoms with van der Waals surface area (Å²) < 4.78 is 0. The molecule has 0 saturated carbocycles. The summed E-state index contributed by atoms with van der Waals surface area (Å²) in [4.78, 5) is 25.4. The molecule has 1 atom stereocenters. The van der Waals surface area contributed by atoms with Gasteiger partial charge in [-0.3, -0.25) is 14.5 Å². The van der Waals surface area contributed by atoms with Gasteiger partial charge in [0.05, 0.1) is 11.1 Å².